The fraction of sp³-hybridized carbons (Fsp3) is 0.333. The van der Waals surface area contributed by atoms with E-state index in [2.05, 4.69) is 25.1 Å². The first-order valence-electron chi connectivity index (χ1n) is 4.62. The number of terminal acetylenes is 1. The van der Waals surface area contributed by atoms with Gasteiger partial charge in [-0.3, -0.25) is 0 Å². The summed E-state index contributed by atoms with van der Waals surface area (Å²) in [6.07, 6.45) is 5.17. The molecular formula is C12H14FN. The van der Waals surface area contributed by atoms with Crippen LogP contribution in [-0.2, 0) is 6.54 Å². The van der Waals surface area contributed by atoms with E-state index in [-0.39, 0.29) is 5.82 Å². The molecule has 1 nitrogen and oxygen atoms in total. The molecule has 0 aliphatic rings. The topological polar surface area (TPSA) is 12.0 Å². The van der Waals surface area contributed by atoms with Gasteiger partial charge in [-0.1, -0.05) is 25.8 Å². The van der Waals surface area contributed by atoms with E-state index in [1.807, 2.05) is 0 Å². The van der Waals surface area contributed by atoms with Crippen LogP contribution in [0, 0.1) is 18.2 Å². The summed E-state index contributed by atoms with van der Waals surface area (Å²) in [7, 11) is 0. The molecule has 14 heavy (non-hydrogen) atoms. The van der Waals surface area contributed by atoms with Gasteiger partial charge in [0.15, 0.2) is 0 Å². The lowest BCUT2D eigenvalue weighted by Crippen LogP contribution is -2.21. The SMILES string of the molecule is C#Cc1cc(CNC(C)C)ccc1F. The molecule has 0 saturated carbocycles. The number of nitrogens with one attached hydrogen (secondary N) is 1. The van der Waals surface area contributed by atoms with Gasteiger partial charge < -0.3 is 5.32 Å². The highest BCUT2D eigenvalue weighted by Crippen LogP contribution is 2.09. The molecule has 0 aliphatic carbocycles. The van der Waals surface area contributed by atoms with Gasteiger partial charge in [0.1, 0.15) is 5.82 Å². The summed E-state index contributed by atoms with van der Waals surface area (Å²) in [5, 5.41) is 3.24. The average molecular weight is 191 g/mol. The standard InChI is InChI=1S/C12H14FN/c1-4-11-7-10(5-6-12(11)13)8-14-9(2)3/h1,5-7,9,14H,8H2,2-3H3. The van der Waals surface area contributed by atoms with E-state index in [1.165, 1.54) is 6.07 Å². The molecule has 2 heteroatoms. The fourth-order valence-corrected chi connectivity index (χ4v) is 1.11. The van der Waals surface area contributed by atoms with Crippen molar-refractivity contribution >= 4 is 0 Å². The molecule has 0 fully saturated rings. The van der Waals surface area contributed by atoms with Crippen LogP contribution < -0.4 is 5.32 Å². The van der Waals surface area contributed by atoms with E-state index in [0.29, 0.717) is 18.2 Å². The summed E-state index contributed by atoms with van der Waals surface area (Å²) in [6.45, 7) is 4.84. The number of hydrogen-bond acceptors (Lipinski definition) is 1. The molecule has 0 radical (unpaired) electrons. The lowest BCUT2D eigenvalue weighted by atomic mass is 10.1. The van der Waals surface area contributed by atoms with Crippen molar-refractivity contribution in [3.05, 3.63) is 35.1 Å². The van der Waals surface area contributed by atoms with Crippen LogP contribution >= 0.6 is 0 Å². The maximum Gasteiger partial charge on any atom is 0.138 e. The van der Waals surface area contributed by atoms with Crippen LogP contribution in [0.5, 0.6) is 0 Å². The third-order valence-electron chi connectivity index (χ3n) is 1.90. The predicted molar refractivity (Wildman–Crippen MR) is 56.3 cm³/mol. The van der Waals surface area contributed by atoms with Crippen LogP contribution in [0.1, 0.15) is 25.0 Å². The quantitative estimate of drug-likeness (QED) is 0.723. The Morgan fingerprint density at radius 1 is 1.50 bits per heavy atom. The van der Waals surface area contributed by atoms with E-state index in [9.17, 15) is 4.39 Å². The van der Waals surface area contributed by atoms with E-state index in [0.717, 1.165) is 5.56 Å². The summed E-state index contributed by atoms with van der Waals surface area (Å²) in [5.41, 5.74) is 1.33. The second kappa shape index (κ2) is 4.78. The molecular weight excluding hydrogens is 177 g/mol. The van der Waals surface area contributed by atoms with Crippen molar-refractivity contribution in [1.82, 2.24) is 5.32 Å². The molecule has 1 aromatic carbocycles. The van der Waals surface area contributed by atoms with Gasteiger partial charge in [0.2, 0.25) is 0 Å². The highest BCUT2D eigenvalue weighted by molar-refractivity contribution is 5.36. The van der Waals surface area contributed by atoms with E-state index < -0.39 is 0 Å². The van der Waals surface area contributed by atoms with Gasteiger partial charge >= 0.3 is 0 Å². The summed E-state index contributed by atoms with van der Waals surface area (Å²) < 4.78 is 13.0. The maximum absolute atomic E-state index is 13.0. The lowest BCUT2D eigenvalue weighted by Gasteiger charge is -2.08. The normalized spacial score (nSPS) is 10.2. The minimum atomic E-state index is -0.333. The van der Waals surface area contributed by atoms with Gasteiger partial charge in [0, 0.05) is 12.6 Å². The Morgan fingerprint density at radius 3 is 2.79 bits per heavy atom. The Morgan fingerprint density at radius 2 is 2.21 bits per heavy atom. The first-order chi connectivity index (χ1) is 6.63. The van der Waals surface area contributed by atoms with E-state index in [4.69, 9.17) is 6.42 Å². The Balaban J connectivity index is 2.76. The molecule has 0 atom stereocenters. The van der Waals surface area contributed by atoms with Crippen molar-refractivity contribution in [3.8, 4) is 12.3 Å². The molecule has 0 unspecified atom stereocenters. The van der Waals surface area contributed by atoms with Gasteiger partial charge in [0.05, 0.1) is 5.56 Å². The molecule has 1 rings (SSSR count). The monoisotopic (exact) mass is 191 g/mol. The number of hydrogen-bond donors (Lipinski definition) is 1. The molecule has 0 amide bonds. The highest BCUT2D eigenvalue weighted by Gasteiger charge is 2.01. The smallest absolute Gasteiger partial charge is 0.138 e. The molecule has 0 aromatic heterocycles. The Kier molecular flexibility index (Phi) is 3.67. The summed E-state index contributed by atoms with van der Waals surface area (Å²) >= 11 is 0. The molecule has 74 valence electrons. The lowest BCUT2D eigenvalue weighted by molar-refractivity contribution is 0.585. The second-order valence-corrected chi connectivity index (χ2v) is 3.49. The zero-order valence-electron chi connectivity index (χ0n) is 8.47. The van der Waals surface area contributed by atoms with E-state index >= 15 is 0 Å². The molecule has 0 heterocycles. The van der Waals surface area contributed by atoms with Gasteiger partial charge in [-0.25, -0.2) is 4.39 Å². The van der Waals surface area contributed by atoms with Crippen LogP contribution in [0.25, 0.3) is 0 Å². The third kappa shape index (κ3) is 2.86. The zero-order chi connectivity index (χ0) is 10.6. The Hall–Kier alpha value is -1.33. The first kappa shape index (κ1) is 10.7. The van der Waals surface area contributed by atoms with Crippen molar-refractivity contribution in [1.29, 1.82) is 0 Å². The fourth-order valence-electron chi connectivity index (χ4n) is 1.11. The molecule has 1 aromatic rings. The van der Waals surface area contributed by atoms with Gasteiger partial charge in [-0.05, 0) is 17.7 Å². The number of rotatable bonds is 3. The van der Waals surface area contributed by atoms with Crippen LogP contribution in [0.15, 0.2) is 18.2 Å². The van der Waals surface area contributed by atoms with Crippen LogP contribution in [0.4, 0.5) is 4.39 Å². The van der Waals surface area contributed by atoms with Gasteiger partial charge in [0.25, 0.3) is 0 Å². The maximum atomic E-state index is 13.0. The highest BCUT2D eigenvalue weighted by atomic mass is 19.1. The Labute approximate surface area is 84.3 Å². The van der Waals surface area contributed by atoms with Crippen LogP contribution in [-0.4, -0.2) is 6.04 Å². The van der Waals surface area contributed by atoms with E-state index in [1.54, 1.807) is 12.1 Å². The predicted octanol–water partition coefficient (Wildman–Crippen LogP) is 2.31. The second-order valence-electron chi connectivity index (χ2n) is 3.49. The van der Waals surface area contributed by atoms with Crippen LogP contribution in [0.2, 0.25) is 0 Å². The first-order valence-corrected chi connectivity index (χ1v) is 4.62. The largest absolute Gasteiger partial charge is 0.310 e. The van der Waals surface area contributed by atoms with Crippen molar-refractivity contribution < 1.29 is 4.39 Å². The zero-order valence-corrected chi connectivity index (χ0v) is 8.47. The minimum Gasteiger partial charge on any atom is -0.310 e. The molecule has 0 bridgehead atoms. The van der Waals surface area contributed by atoms with Gasteiger partial charge in [-0.2, -0.15) is 0 Å². The summed E-state index contributed by atoms with van der Waals surface area (Å²) in [5.74, 6) is 1.99. The van der Waals surface area contributed by atoms with Crippen molar-refractivity contribution in [2.45, 2.75) is 26.4 Å². The third-order valence-corrected chi connectivity index (χ3v) is 1.90. The van der Waals surface area contributed by atoms with Crippen LogP contribution in [0.3, 0.4) is 0 Å². The Bertz CT molecular complexity index is 350. The average Bonchev–Trinajstić information content (AvgIpc) is 2.16. The number of halogens is 1. The van der Waals surface area contributed by atoms with Crippen molar-refractivity contribution in [3.63, 3.8) is 0 Å². The molecule has 0 aliphatic heterocycles. The molecule has 1 N–H and O–H groups in total. The van der Waals surface area contributed by atoms with Crippen molar-refractivity contribution in [2.75, 3.05) is 0 Å². The number of benzene rings is 1. The summed E-state index contributed by atoms with van der Waals surface area (Å²) in [4.78, 5) is 0. The summed E-state index contributed by atoms with van der Waals surface area (Å²) in [6, 6.07) is 5.26. The molecule has 0 spiro atoms. The van der Waals surface area contributed by atoms with Crippen molar-refractivity contribution in [2.24, 2.45) is 0 Å². The van der Waals surface area contributed by atoms with Gasteiger partial charge in [-0.15, -0.1) is 6.42 Å². The minimum absolute atomic E-state index is 0.327. The molecule has 0 saturated heterocycles.